The molecule has 8 nitrogen and oxygen atoms in total. The maximum Gasteiger partial charge on any atom is 0.253 e. The van der Waals surface area contributed by atoms with E-state index in [1.807, 2.05) is 31.2 Å². The van der Waals surface area contributed by atoms with E-state index in [2.05, 4.69) is 10.2 Å². The molecule has 1 N–H and O–H groups in total. The number of nitrogens with zero attached hydrogens (tertiary/aromatic N) is 2. The first kappa shape index (κ1) is 25.0. The summed E-state index contributed by atoms with van der Waals surface area (Å²) in [5.74, 6) is 0.439. The van der Waals surface area contributed by atoms with Crippen molar-refractivity contribution in [2.45, 2.75) is 25.7 Å². The minimum atomic E-state index is -3.69. The lowest BCUT2D eigenvalue weighted by Gasteiger charge is -2.30. The van der Waals surface area contributed by atoms with Gasteiger partial charge in [-0.15, -0.1) is 0 Å². The average Bonchev–Trinajstić information content (AvgIpc) is 2.83. The molecule has 3 rings (SSSR count). The summed E-state index contributed by atoms with van der Waals surface area (Å²) in [6.07, 6.45) is 0. The Kier molecular flexibility index (Phi) is 8.71. The second-order valence-electron chi connectivity index (χ2n) is 7.74. The van der Waals surface area contributed by atoms with Gasteiger partial charge in [0.15, 0.2) is 0 Å². The average molecular weight is 476 g/mol. The molecule has 2 aromatic rings. The highest BCUT2D eigenvalue weighted by Crippen LogP contribution is 2.27. The molecular formula is C24H33N3O5S. The summed E-state index contributed by atoms with van der Waals surface area (Å²) in [5.41, 5.74) is 2.06. The van der Waals surface area contributed by atoms with E-state index in [1.54, 1.807) is 26.0 Å². The number of carbonyl (C=O) groups is 1. The SMILES string of the molecule is CCN(CC)S(=O)(=O)c1ccc(N2CCOCC2)c(C(=O)NCCOc2ccccc2C)c1. The van der Waals surface area contributed by atoms with E-state index in [0.717, 1.165) is 11.3 Å². The van der Waals surface area contributed by atoms with Crippen LogP contribution in [0.1, 0.15) is 29.8 Å². The Bertz CT molecular complexity index is 1050. The highest BCUT2D eigenvalue weighted by Gasteiger charge is 2.26. The number of rotatable bonds is 10. The van der Waals surface area contributed by atoms with Crippen LogP contribution in [-0.4, -0.2) is 71.2 Å². The van der Waals surface area contributed by atoms with Crippen LogP contribution in [0.5, 0.6) is 5.75 Å². The highest BCUT2D eigenvalue weighted by molar-refractivity contribution is 7.89. The molecular weight excluding hydrogens is 442 g/mol. The summed E-state index contributed by atoms with van der Waals surface area (Å²) >= 11 is 0. The predicted octanol–water partition coefficient (Wildman–Crippen LogP) is 2.67. The topological polar surface area (TPSA) is 88.2 Å². The number of hydrogen-bond donors (Lipinski definition) is 1. The summed E-state index contributed by atoms with van der Waals surface area (Å²) in [6, 6.07) is 12.5. The molecule has 1 heterocycles. The van der Waals surface area contributed by atoms with Gasteiger partial charge in [0.1, 0.15) is 12.4 Å². The van der Waals surface area contributed by atoms with Crippen LogP contribution in [0.3, 0.4) is 0 Å². The van der Waals surface area contributed by atoms with Gasteiger partial charge in [-0.3, -0.25) is 4.79 Å². The van der Waals surface area contributed by atoms with Crippen LogP contribution in [0.25, 0.3) is 0 Å². The van der Waals surface area contributed by atoms with E-state index in [9.17, 15) is 13.2 Å². The quantitative estimate of drug-likeness (QED) is 0.532. The Hall–Kier alpha value is -2.62. The summed E-state index contributed by atoms with van der Waals surface area (Å²) in [5, 5.41) is 2.87. The molecule has 1 amide bonds. The highest BCUT2D eigenvalue weighted by atomic mass is 32.2. The molecule has 1 aliphatic rings. The standard InChI is InChI=1S/C24H33N3O5S/c1-4-27(5-2)33(29,30)20-10-11-22(26-13-16-31-17-14-26)21(18-20)24(28)25-12-15-32-23-9-7-6-8-19(23)3/h6-11,18H,4-5,12-17H2,1-3H3,(H,25,28). The van der Waals surface area contributed by atoms with E-state index in [4.69, 9.17) is 9.47 Å². The molecule has 1 aliphatic heterocycles. The monoisotopic (exact) mass is 475 g/mol. The number of para-hydroxylation sites is 1. The molecule has 0 aliphatic carbocycles. The zero-order valence-corrected chi connectivity index (χ0v) is 20.4. The van der Waals surface area contributed by atoms with Gasteiger partial charge < -0.3 is 19.7 Å². The fourth-order valence-corrected chi connectivity index (χ4v) is 5.27. The van der Waals surface area contributed by atoms with Crippen molar-refractivity contribution in [3.8, 4) is 5.75 Å². The lowest BCUT2D eigenvalue weighted by Crippen LogP contribution is -2.38. The molecule has 1 fully saturated rings. The van der Waals surface area contributed by atoms with Crippen LogP contribution in [-0.2, 0) is 14.8 Å². The van der Waals surface area contributed by atoms with Gasteiger partial charge in [-0.05, 0) is 36.8 Å². The Morgan fingerprint density at radius 3 is 2.48 bits per heavy atom. The fourth-order valence-electron chi connectivity index (χ4n) is 3.79. The Morgan fingerprint density at radius 2 is 1.82 bits per heavy atom. The second kappa shape index (κ2) is 11.5. The minimum absolute atomic E-state index is 0.115. The molecule has 2 aromatic carbocycles. The first-order valence-corrected chi connectivity index (χ1v) is 12.8. The number of nitrogens with one attached hydrogen (secondary N) is 1. The predicted molar refractivity (Wildman–Crippen MR) is 129 cm³/mol. The summed E-state index contributed by atoms with van der Waals surface area (Å²) in [6.45, 7) is 9.28. The zero-order chi connectivity index (χ0) is 23.8. The van der Waals surface area contributed by atoms with E-state index < -0.39 is 10.0 Å². The summed E-state index contributed by atoms with van der Waals surface area (Å²) in [4.78, 5) is 15.3. The van der Waals surface area contributed by atoms with Crippen LogP contribution >= 0.6 is 0 Å². The van der Waals surface area contributed by atoms with Gasteiger partial charge in [0.25, 0.3) is 5.91 Å². The molecule has 0 spiro atoms. The van der Waals surface area contributed by atoms with Crippen molar-refractivity contribution in [3.05, 3.63) is 53.6 Å². The number of sulfonamides is 1. The third kappa shape index (κ3) is 6.04. The third-order valence-electron chi connectivity index (χ3n) is 5.65. The largest absolute Gasteiger partial charge is 0.491 e. The second-order valence-corrected chi connectivity index (χ2v) is 9.68. The number of carbonyl (C=O) groups excluding carboxylic acids is 1. The van der Waals surface area contributed by atoms with Crippen molar-refractivity contribution < 1.29 is 22.7 Å². The van der Waals surface area contributed by atoms with Gasteiger partial charge >= 0.3 is 0 Å². The van der Waals surface area contributed by atoms with Gasteiger partial charge in [0.05, 0.1) is 30.2 Å². The minimum Gasteiger partial charge on any atom is -0.491 e. The van der Waals surface area contributed by atoms with Crippen LogP contribution in [0.2, 0.25) is 0 Å². The van der Waals surface area contributed by atoms with Crippen molar-refractivity contribution in [1.29, 1.82) is 0 Å². The first-order chi connectivity index (χ1) is 15.9. The normalized spacial score (nSPS) is 14.4. The Labute approximate surface area is 196 Å². The zero-order valence-electron chi connectivity index (χ0n) is 19.5. The van der Waals surface area contributed by atoms with E-state index in [-0.39, 0.29) is 10.8 Å². The Balaban J connectivity index is 1.80. The lowest BCUT2D eigenvalue weighted by molar-refractivity contribution is 0.0945. The molecule has 1 saturated heterocycles. The lowest BCUT2D eigenvalue weighted by atomic mass is 10.1. The number of ether oxygens (including phenoxy) is 2. The molecule has 0 atom stereocenters. The van der Waals surface area contributed by atoms with E-state index in [0.29, 0.717) is 63.8 Å². The van der Waals surface area contributed by atoms with Gasteiger partial charge in [-0.25, -0.2) is 8.42 Å². The summed E-state index contributed by atoms with van der Waals surface area (Å²) < 4.78 is 38.7. The van der Waals surface area contributed by atoms with Gasteiger partial charge in [-0.2, -0.15) is 4.31 Å². The molecule has 9 heteroatoms. The molecule has 33 heavy (non-hydrogen) atoms. The number of amides is 1. The van der Waals surface area contributed by atoms with Crippen molar-refractivity contribution >= 4 is 21.6 Å². The van der Waals surface area contributed by atoms with Crippen molar-refractivity contribution in [2.24, 2.45) is 0 Å². The maximum atomic E-state index is 13.1. The van der Waals surface area contributed by atoms with Crippen LogP contribution in [0, 0.1) is 6.92 Å². The molecule has 180 valence electrons. The number of anilines is 1. The van der Waals surface area contributed by atoms with Crippen molar-refractivity contribution in [1.82, 2.24) is 9.62 Å². The van der Waals surface area contributed by atoms with Crippen molar-refractivity contribution in [2.75, 3.05) is 57.4 Å². The number of morpholine rings is 1. The fraction of sp³-hybridized carbons (Fsp3) is 0.458. The molecule has 0 radical (unpaired) electrons. The van der Waals surface area contributed by atoms with E-state index in [1.165, 1.54) is 10.4 Å². The van der Waals surface area contributed by atoms with Crippen LogP contribution in [0.15, 0.2) is 47.4 Å². The number of hydrogen-bond acceptors (Lipinski definition) is 6. The van der Waals surface area contributed by atoms with Gasteiger partial charge in [-0.1, -0.05) is 32.0 Å². The smallest absolute Gasteiger partial charge is 0.253 e. The molecule has 0 unspecified atom stereocenters. The van der Waals surface area contributed by atoms with Gasteiger partial charge in [0, 0.05) is 31.9 Å². The molecule has 0 bridgehead atoms. The molecule has 0 saturated carbocycles. The van der Waals surface area contributed by atoms with Gasteiger partial charge in [0.2, 0.25) is 10.0 Å². The third-order valence-corrected chi connectivity index (χ3v) is 7.69. The number of aryl methyl sites for hydroxylation is 1. The molecule has 0 aromatic heterocycles. The van der Waals surface area contributed by atoms with Crippen molar-refractivity contribution in [3.63, 3.8) is 0 Å². The summed E-state index contributed by atoms with van der Waals surface area (Å²) in [7, 11) is -3.69. The first-order valence-electron chi connectivity index (χ1n) is 11.3. The van der Waals surface area contributed by atoms with Crippen LogP contribution < -0.4 is 15.0 Å². The van der Waals surface area contributed by atoms with E-state index >= 15 is 0 Å². The Morgan fingerprint density at radius 1 is 1.12 bits per heavy atom. The maximum absolute atomic E-state index is 13.1. The number of benzene rings is 2. The van der Waals surface area contributed by atoms with Crippen LogP contribution in [0.4, 0.5) is 5.69 Å².